The zero-order valence-corrected chi connectivity index (χ0v) is 7.42. The molecule has 2 heteroatoms. The van der Waals surface area contributed by atoms with E-state index >= 15 is 0 Å². The second kappa shape index (κ2) is 4.10. The molecular weight excluding hydrogens is 150 g/mol. The molecule has 1 rings (SSSR count). The van der Waals surface area contributed by atoms with E-state index in [4.69, 9.17) is 5.73 Å². The predicted octanol–water partition coefficient (Wildman–Crippen LogP) is 1.77. The Morgan fingerprint density at radius 1 is 1.75 bits per heavy atom. The van der Waals surface area contributed by atoms with Crippen LogP contribution in [0, 0.1) is 5.92 Å². The smallest absolute Gasteiger partial charge is 0.241 e. The molecule has 0 radical (unpaired) electrons. The first-order chi connectivity index (χ1) is 5.68. The second-order valence-electron chi connectivity index (χ2n) is 3.35. The number of carbonyl (C=O) groups is 1. The minimum absolute atomic E-state index is 0.345. The van der Waals surface area contributed by atoms with Crippen LogP contribution in [0.25, 0.3) is 0 Å². The topological polar surface area (TPSA) is 43.1 Å². The number of carbonyl (C=O) groups excluding carboxylic acids is 1. The van der Waals surface area contributed by atoms with Gasteiger partial charge in [0.15, 0.2) is 0 Å². The summed E-state index contributed by atoms with van der Waals surface area (Å²) in [5.41, 5.74) is 6.42. The lowest BCUT2D eigenvalue weighted by molar-refractivity contribution is -0.113. The van der Waals surface area contributed by atoms with E-state index in [9.17, 15) is 4.79 Å². The Kier molecular flexibility index (Phi) is 3.09. The number of nitrogens with two attached hydrogens (primary N) is 1. The molecule has 0 aromatic rings. The van der Waals surface area contributed by atoms with E-state index in [0.717, 1.165) is 19.3 Å². The minimum atomic E-state index is -0.345. The van der Waals surface area contributed by atoms with E-state index in [0.29, 0.717) is 5.92 Å². The van der Waals surface area contributed by atoms with Gasteiger partial charge in [-0.3, -0.25) is 4.79 Å². The van der Waals surface area contributed by atoms with Gasteiger partial charge in [0.25, 0.3) is 0 Å². The van der Waals surface area contributed by atoms with Gasteiger partial charge in [-0.25, -0.2) is 0 Å². The van der Waals surface area contributed by atoms with E-state index in [1.807, 2.05) is 6.08 Å². The van der Waals surface area contributed by atoms with Gasteiger partial charge in [-0.15, -0.1) is 0 Å². The van der Waals surface area contributed by atoms with Gasteiger partial charge in [0, 0.05) is 0 Å². The number of hydrogen-bond acceptors (Lipinski definition) is 1. The molecule has 0 bridgehead atoms. The molecule has 2 nitrogen and oxygen atoms in total. The van der Waals surface area contributed by atoms with Crippen molar-refractivity contribution in [1.29, 1.82) is 0 Å². The normalized spacial score (nSPS) is 24.1. The van der Waals surface area contributed by atoms with E-state index in [1.54, 1.807) is 0 Å². The Labute approximate surface area is 73.1 Å². The first-order valence-corrected chi connectivity index (χ1v) is 4.32. The lowest BCUT2D eigenvalue weighted by Crippen LogP contribution is -2.08. The Morgan fingerprint density at radius 3 is 3.08 bits per heavy atom. The molecule has 0 saturated heterocycles. The maximum Gasteiger partial charge on any atom is 0.241 e. The van der Waals surface area contributed by atoms with Crippen molar-refractivity contribution >= 4 is 5.91 Å². The van der Waals surface area contributed by atoms with Crippen LogP contribution in [0.2, 0.25) is 0 Å². The third-order valence-electron chi connectivity index (χ3n) is 2.15. The van der Waals surface area contributed by atoms with Crippen LogP contribution in [0.1, 0.15) is 26.2 Å². The molecule has 2 N–H and O–H groups in total. The van der Waals surface area contributed by atoms with E-state index in [1.165, 1.54) is 11.6 Å². The maximum atomic E-state index is 10.4. The SMILES string of the molecule is CC1=CCCC(/C=C/C(N)=O)C1. The van der Waals surface area contributed by atoms with Crippen LogP contribution in [0.4, 0.5) is 0 Å². The molecule has 0 spiro atoms. The van der Waals surface area contributed by atoms with E-state index < -0.39 is 0 Å². The van der Waals surface area contributed by atoms with Gasteiger partial charge in [0.2, 0.25) is 5.91 Å². The summed E-state index contributed by atoms with van der Waals surface area (Å²) in [5, 5.41) is 0. The highest BCUT2D eigenvalue weighted by Gasteiger charge is 2.09. The summed E-state index contributed by atoms with van der Waals surface area (Å²) < 4.78 is 0. The van der Waals surface area contributed by atoms with Crippen LogP contribution in [0.5, 0.6) is 0 Å². The third kappa shape index (κ3) is 2.91. The molecule has 0 aliphatic heterocycles. The number of rotatable bonds is 2. The van der Waals surface area contributed by atoms with Crippen molar-refractivity contribution in [2.45, 2.75) is 26.2 Å². The average Bonchev–Trinajstić information content (AvgIpc) is 2.01. The number of primary amides is 1. The number of allylic oxidation sites excluding steroid dienone is 3. The molecule has 1 unspecified atom stereocenters. The highest BCUT2D eigenvalue weighted by atomic mass is 16.1. The maximum absolute atomic E-state index is 10.4. The molecule has 0 saturated carbocycles. The fraction of sp³-hybridized carbons (Fsp3) is 0.500. The molecule has 0 heterocycles. The van der Waals surface area contributed by atoms with Crippen LogP contribution in [0.15, 0.2) is 23.8 Å². The van der Waals surface area contributed by atoms with Crippen molar-refractivity contribution in [2.75, 3.05) is 0 Å². The van der Waals surface area contributed by atoms with Gasteiger partial charge in [-0.05, 0) is 38.2 Å². The summed E-state index contributed by atoms with van der Waals surface area (Å²) in [6.45, 7) is 2.13. The zero-order valence-electron chi connectivity index (χ0n) is 7.42. The first-order valence-electron chi connectivity index (χ1n) is 4.32. The molecule has 0 aromatic carbocycles. The highest BCUT2D eigenvalue weighted by molar-refractivity contribution is 5.85. The molecular formula is C10H15NO. The van der Waals surface area contributed by atoms with Gasteiger partial charge in [0.05, 0.1) is 0 Å². The molecule has 12 heavy (non-hydrogen) atoms. The Bertz CT molecular complexity index is 228. The predicted molar refractivity (Wildman–Crippen MR) is 49.4 cm³/mol. The fourth-order valence-electron chi connectivity index (χ4n) is 1.54. The van der Waals surface area contributed by atoms with Crippen molar-refractivity contribution in [1.82, 2.24) is 0 Å². The van der Waals surface area contributed by atoms with Crippen LogP contribution >= 0.6 is 0 Å². The Hall–Kier alpha value is -1.05. The van der Waals surface area contributed by atoms with Gasteiger partial charge >= 0.3 is 0 Å². The summed E-state index contributed by atoms with van der Waals surface area (Å²) in [4.78, 5) is 10.4. The highest BCUT2D eigenvalue weighted by Crippen LogP contribution is 2.24. The Morgan fingerprint density at radius 2 is 2.50 bits per heavy atom. The van der Waals surface area contributed by atoms with Gasteiger partial charge < -0.3 is 5.73 Å². The molecule has 0 fully saturated rings. The lowest BCUT2D eigenvalue weighted by Gasteiger charge is -2.16. The van der Waals surface area contributed by atoms with Crippen molar-refractivity contribution in [3.63, 3.8) is 0 Å². The average molecular weight is 165 g/mol. The number of amides is 1. The first kappa shape index (κ1) is 9.04. The van der Waals surface area contributed by atoms with Gasteiger partial charge in [-0.2, -0.15) is 0 Å². The van der Waals surface area contributed by atoms with Crippen LogP contribution in [0.3, 0.4) is 0 Å². The summed E-state index contributed by atoms with van der Waals surface area (Å²) >= 11 is 0. The van der Waals surface area contributed by atoms with Gasteiger partial charge in [0.1, 0.15) is 0 Å². The second-order valence-corrected chi connectivity index (χ2v) is 3.35. The van der Waals surface area contributed by atoms with Crippen molar-refractivity contribution in [3.05, 3.63) is 23.8 Å². The lowest BCUT2D eigenvalue weighted by atomic mass is 9.89. The summed E-state index contributed by atoms with van der Waals surface area (Å²) in [6, 6.07) is 0. The van der Waals surface area contributed by atoms with Crippen LogP contribution < -0.4 is 5.73 Å². The van der Waals surface area contributed by atoms with Crippen LogP contribution in [-0.2, 0) is 4.79 Å². The Balaban J connectivity index is 2.45. The van der Waals surface area contributed by atoms with Crippen LogP contribution in [-0.4, -0.2) is 5.91 Å². The van der Waals surface area contributed by atoms with E-state index in [-0.39, 0.29) is 5.91 Å². The van der Waals surface area contributed by atoms with Crippen molar-refractivity contribution in [3.8, 4) is 0 Å². The van der Waals surface area contributed by atoms with Crippen molar-refractivity contribution < 1.29 is 4.79 Å². The van der Waals surface area contributed by atoms with E-state index in [2.05, 4.69) is 13.0 Å². The minimum Gasteiger partial charge on any atom is -0.366 e. The van der Waals surface area contributed by atoms with Gasteiger partial charge in [-0.1, -0.05) is 17.7 Å². The monoisotopic (exact) mass is 165 g/mol. The third-order valence-corrected chi connectivity index (χ3v) is 2.15. The zero-order chi connectivity index (χ0) is 8.97. The molecule has 1 aliphatic carbocycles. The summed E-state index contributed by atoms with van der Waals surface area (Å²) in [6.07, 6.45) is 9.00. The fourth-order valence-corrected chi connectivity index (χ4v) is 1.54. The molecule has 1 atom stereocenters. The largest absolute Gasteiger partial charge is 0.366 e. The molecule has 1 aliphatic rings. The summed E-state index contributed by atoms with van der Waals surface area (Å²) in [7, 11) is 0. The van der Waals surface area contributed by atoms with Crippen molar-refractivity contribution in [2.24, 2.45) is 11.7 Å². The summed E-state index contributed by atoms with van der Waals surface area (Å²) in [5.74, 6) is 0.171. The molecule has 1 amide bonds. The quantitative estimate of drug-likeness (QED) is 0.492. The molecule has 66 valence electrons. The standard InChI is InChI=1S/C10H15NO/c1-8-3-2-4-9(7-8)5-6-10(11)12/h3,5-6,9H,2,4,7H2,1H3,(H2,11,12)/b6-5+. The number of hydrogen-bond donors (Lipinski definition) is 1. The molecule has 0 aromatic heterocycles.